The van der Waals surface area contributed by atoms with Gasteiger partial charge in [0, 0.05) is 12.1 Å². The smallest absolute Gasteiger partial charge is 0.255 e. The normalized spacial score (nSPS) is 10.2. The van der Waals surface area contributed by atoms with E-state index in [0.29, 0.717) is 11.4 Å². The van der Waals surface area contributed by atoms with E-state index in [2.05, 4.69) is 15.5 Å². The number of carbonyl (C=O) groups is 1. The van der Waals surface area contributed by atoms with E-state index in [9.17, 15) is 15.0 Å². The molecule has 0 atom stereocenters. The van der Waals surface area contributed by atoms with Gasteiger partial charge in [-0.15, -0.1) is 0 Å². The molecule has 6 N–H and O–H groups in total. The van der Waals surface area contributed by atoms with Crippen molar-refractivity contribution in [1.82, 2.24) is 15.5 Å². The number of rotatable bonds is 3. The van der Waals surface area contributed by atoms with Crippen LogP contribution in [0.1, 0.15) is 15.9 Å². The van der Waals surface area contributed by atoms with E-state index in [1.54, 1.807) is 0 Å². The van der Waals surface area contributed by atoms with Crippen molar-refractivity contribution in [3.8, 4) is 11.5 Å². The van der Waals surface area contributed by atoms with Crippen molar-refractivity contribution in [1.29, 1.82) is 0 Å². The number of H-pyrrole nitrogens is 1. The Morgan fingerprint density at radius 3 is 2.89 bits per heavy atom. The number of aromatic hydroxyl groups is 2. The van der Waals surface area contributed by atoms with Crippen LogP contribution in [-0.4, -0.2) is 26.3 Å². The lowest BCUT2D eigenvalue weighted by Crippen LogP contribution is -2.23. The monoisotopic (exact) mass is 248 g/mol. The number of hydrogen-bond donors (Lipinski definition) is 5. The molecule has 1 heterocycles. The van der Waals surface area contributed by atoms with Gasteiger partial charge in [0.2, 0.25) is 0 Å². The molecule has 0 saturated heterocycles. The number of anilines is 1. The second-order valence-corrected chi connectivity index (χ2v) is 3.66. The molecule has 0 aliphatic heterocycles. The molecule has 7 heteroatoms. The number of phenols is 2. The van der Waals surface area contributed by atoms with Crippen LogP contribution in [0.15, 0.2) is 24.4 Å². The molecular weight excluding hydrogens is 236 g/mol. The van der Waals surface area contributed by atoms with Crippen LogP contribution >= 0.6 is 0 Å². The molecule has 0 unspecified atom stereocenters. The number of aromatic amines is 1. The Morgan fingerprint density at radius 2 is 2.22 bits per heavy atom. The van der Waals surface area contributed by atoms with Crippen molar-refractivity contribution in [2.45, 2.75) is 6.54 Å². The molecule has 0 bridgehead atoms. The molecule has 1 aromatic heterocycles. The molecule has 1 aromatic carbocycles. The average Bonchev–Trinajstić information content (AvgIpc) is 2.75. The van der Waals surface area contributed by atoms with Gasteiger partial charge in [0.25, 0.3) is 5.91 Å². The minimum atomic E-state index is -0.510. The number of para-hydroxylation sites is 1. The van der Waals surface area contributed by atoms with Crippen LogP contribution in [0.2, 0.25) is 0 Å². The van der Waals surface area contributed by atoms with Crippen molar-refractivity contribution in [3.63, 3.8) is 0 Å². The number of amides is 1. The lowest BCUT2D eigenvalue weighted by molar-refractivity contribution is 0.0947. The number of nitrogen functional groups attached to an aromatic ring is 1. The number of aromatic nitrogens is 2. The molecule has 0 radical (unpaired) electrons. The fourth-order valence-corrected chi connectivity index (χ4v) is 1.45. The summed E-state index contributed by atoms with van der Waals surface area (Å²) in [6.45, 7) is 0.177. The van der Waals surface area contributed by atoms with Crippen LogP contribution in [0, 0.1) is 0 Å². The zero-order chi connectivity index (χ0) is 13.1. The number of nitrogens with two attached hydrogens (primary N) is 1. The number of nitrogens with one attached hydrogen (secondary N) is 2. The summed E-state index contributed by atoms with van der Waals surface area (Å²) >= 11 is 0. The van der Waals surface area contributed by atoms with E-state index in [-0.39, 0.29) is 17.9 Å². The molecule has 0 spiro atoms. The standard InChI is InChI=1S/C11H12N4O3/c12-10-6(5-14-15-10)4-13-11(18)7-2-1-3-8(16)9(7)17/h1-3,5,16-17H,4H2,(H,13,18)(H3,12,14,15). The quantitative estimate of drug-likeness (QED) is 0.501. The number of hydrogen-bond acceptors (Lipinski definition) is 5. The molecule has 1 amide bonds. The number of benzene rings is 1. The molecule has 18 heavy (non-hydrogen) atoms. The first-order valence-corrected chi connectivity index (χ1v) is 5.16. The summed E-state index contributed by atoms with van der Waals surface area (Å²) in [5.41, 5.74) is 6.20. The molecule has 7 nitrogen and oxygen atoms in total. The van der Waals surface area contributed by atoms with Gasteiger partial charge in [0.15, 0.2) is 11.5 Å². The zero-order valence-corrected chi connectivity index (χ0v) is 9.34. The van der Waals surface area contributed by atoms with Gasteiger partial charge < -0.3 is 21.3 Å². The topological polar surface area (TPSA) is 124 Å². The largest absolute Gasteiger partial charge is 0.504 e. The minimum Gasteiger partial charge on any atom is -0.504 e. The molecule has 2 rings (SSSR count). The van der Waals surface area contributed by atoms with Crippen molar-refractivity contribution in [2.24, 2.45) is 0 Å². The summed E-state index contributed by atoms with van der Waals surface area (Å²) in [5.74, 6) is -0.930. The van der Waals surface area contributed by atoms with Crippen LogP contribution < -0.4 is 11.1 Å². The molecule has 0 saturated carbocycles. The number of nitrogens with zero attached hydrogens (tertiary/aromatic N) is 1. The predicted octanol–water partition coefficient (Wildman–Crippen LogP) is 0.333. The molecule has 94 valence electrons. The van der Waals surface area contributed by atoms with Gasteiger partial charge in [-0.3, -0.25) is 9.89 Å². The molecular formula is C11H12N4O3. The van der Waals surface area contributed by atoms with E-state index in [1.165, 1.54) is 24.4 Å². The predicted molar refractivity (Wildman–Crippen MR) is 63.9 cm³/mol. The Hall–Kier alpha value is -2.70. The highest BCUT2D eigenvalue weighted by molar-refractivity contribution is 5.97. The minimum absolute atomic E-state index is 0.00272. The molecule has 0 aliphatic rings. The van der Waals surface area contributed by atoms with E-state index in [0.717, 1.165) is 0 Å². The molecule has 0 fully saturated rings. The summed E-state index contributed by atoms with van der Waals surface area (Å²) < 4.78 is 0. The van der Waals surface area contributed by atoms with Crippen LogP contribution in [0.3, 0.4) is 0 Å². The fourth-order valence-electron chi connectivity index (χ4n) is 1.45. The summed E-state index contributed by atoms with van der Waals surface area (Å²) in [6.07, 6.45) is 1.50. The summed E-state index contributed by atoms with van der Waals surface area (Å²) in [4.78, 5) is 11.8. The van der Waals surface area contributed by atoms with E-state index < -0.39 is 11.7 Å². The van der Waals surface area contributed by atoms with Gasteiger partial charge in [0.1, 0.15) is 5.82 Å². The highest BCUT2D eigenvalue weighted by atomic mass is 16.3. The SMILES string of the molecule is Nc1[nH]ncc1CNC(=O)c1cccc(O)c1O. The van der Waals surface area contributed by atoms with Crippen molar-refractivity contribution in [2.75, 3.05) is 5.73 Å². The fraction of sp³-hybridized carbons (Fsp3) is 0.0909. The maximum Gasteiger partial charge on any atom is 0.255 e. The maximum atomic E-state index is 11.8. The number of phenolic OH excluding ortho intramolecular Hbond substituents is 2. The Morgan fingerprint density at radius 1 is 1.44 bits per heavy atom. The lowest BCUT2D eigenvalue weighted by Gasteiger charge is -2.07. The summed E-state index contributed by atoms with van der Waals surface area (Å²) in [6, 6.07) is 4.17. The third-order valence-electron chi connectivity index (χ3n) is 2.45. The Bertz CT molecular complexity index is 579. The Labute approximate surface area is 102 Å². The first kappa shape index (κ1) is 11.8. The zero-order valence-electron chi connectivity index (χ0n) is 9.34. The second kappa shape index (κ2) is 4.66. The van der Waals surface area contributed by atoms with Crippen LogP contribution in [0.5, 0.6) is 11.5 Å². The molecule has 2 aromatic rings. The summed E-state index contributed by atoms with van der Waals surface area (Å²) in [7, 11) is 0. The van der Waals surface area contributed by atoms with Gasteiger partial charge in [-0.25, -0.2) is 0 Å². The second-order valence-electron chi connectivity index (χ2n) is 3.66. The Kier molecular flexibility index (Phi) is 3.05. The van der Waals surface area contributed by atoms with E-state index >= 15 is 0 Å². The van der Waals surface area contributed by atoms with E-state index in [4.69, 9.17) is 5.73 Å². The third kappa shape index (κ3) is 2.19. The van der Waals surface area contributed by atoms with Gasteiger partial charge in [-0.2, -0.15) is 5.10 Å². The average molecular weight is 248 g/mol. The Balaban J connectivity index is 2.09. The number of carbonyl (C=O) groups excluding carboxylic acids is 1. The first-order chi connectivity index (χ1) is 8.59. The van der Waals surface area contributed by atoms with Gasteiger partial charge in [-0.1, -0.05) is 6.07 Å². The first-order valence-electron chi connectivity index (χ1n) is 5.16. The highest BCUT2D eigenvalue weighted by Gasteiger charge is 2.14. The van der Waals surface area contributed by atoms with Crippen LogP contribution in [-0.2, 0) is 6.54 Å². The lowest BCUT2D eigenvalue weighted by atomic mass is 10.1. The van der Waals surface area contributed by atoms with E-state index in [1.807, 2.05) is 0 Å². The van der Waals surface area contributed by atoms with Crippen LogP contribution in [0.25, 0.3) is 0 Å². The van der Waals surface area contributed by atoms with Crippen molar-refractivity contribution in [3.05, 3.63) is 35.5 Å². The van der Waals surface area contributed by atoms with Crippen LogP contribution in [0.4, 0.5) is 5.82 Å². The van der Waals surface area contributed by atoms with Gasteiger partial charge >= 0.3 is 0 Å². The molecule has 0 aliphatic carbocycles. The van der Waals surface area contributed by atoms with Crippen molar-refractivity contribution < 1.29 is 15.0 Å². The van der Waals surface area contributed by atoms with Gasteiger partial charge in [-0.05, 0) is 12.1 Å². The van der Waals surface area contributed by atoms with Crippen molar-refractivity contribution >= 4 is 11.7 Å². The third-order valence-corrected chi connectivity index (χ3v) is 2.45. The highest BCUT2D eigenvalue weighted by Crippen LogP contribution is 2.27. The maximum absolute atomic E-state index is 11.8. The summed E-state index contributed by atoms with van der Waals surface area (Å²) in [5, 5.41) is 27.6. The van der Waals surface area contributed by atoms with Gasteiger partial charge in [0.05, 0.1) is 11.8 Å².